The first-order valence-electron chi connectivity index (χ1n) is 23.8. The van der Waals surface area contributed by atoms with Gasteiger partial charge in [-0.05, 0) is 44.2 Å². The van der Waals surface area contributed by atoms with Crippen molar-refractivity contribution in [3.63, 3.8) is 0 Å². The minimum atomic E-state index is -0.287. The Balaban J connectivity index is 1.38. The van der Waals surface area contributed by atoms with E-state index < -0.39 is 0 Å². The number of hydrogen-bond acceptors (Lipinski definition) is 0. The lowest BCUT2D eigenvalue weighted by atomic mass is 9.56. The third kappa shape index (κ3) is 7.80. The Morgan fingerprint density at radius 3 is 0.561 bits per heavy atom. The van der Waals surface area contributed by atoms with Crippen LogP contribution in [0, 0.1) is 0 Å². The number of fused-ring (bicyclic) bond motifs is 6. The SMILES string of the molecule is [B]c1c([B])c([B])c(-c2c([B])c([B])c(-n3c4c([B])c([B])c([B])c([B])c4c4c([B])c(-c5c([B])c([B])c6c(c5[B])c5c([B])c([B])c([B])c([B])c5n6-c5c([B])c([B])c([B])c(-c6c([B])c([B])c([B])c([B])c6[B])c5[B])c([B])c([B])c43)c([B])c2[B])c([B])c1[B]. The molecule has 0 aliphatic rings. The van der Waals surface area contributed by atoms with E-state index in [1.165, 1.54) is 9.13 Å². The van der Waals surface area contributed by atoms with Crippen LogP contribution in [0.5, 0.6) is 0 Å². The van der Waals surface area contributed by atoms with Crippen molar-refractivity contribution in [1.29, 1.82) is 0 Å². The molecule has 2 heterocycles. The molecule has 2 aromatic heterocycles. The van der Waals surface area contributed by atoms with Crippen LogP contribution in [0.3, 0.4) is 0 Å². The van der Waals surface area contributed by atoms with Gasteiger partial charge in [0.15, 0.2) is 0 Å². The Kier molecular flexibility index (Phi) is 15.2. The average molecular weight is 951 g/mol. The van der Waals surface area contributed by atoms with Crippen LogP contribution in [0.15, 0.2) is 0 Å². The fourth-order valence-electron chi connectivity index (χ4n) is 11.3. The maximum absolute atomic E-state index is 7.41. The zero-order valence-corrected chi connectivity index (χ0v) is 43.4. The molecular weight excluding hydrogens is 951 g/mol. The Labute approximate surface area is 519 Å². The van der Waals surface area contributed by atoms with E-state index in [2.05, 4.69) is 0 Å². The monoisotopic (exact) mass is 956 g/mol. The van der Waals surface area contributed by atoms with E-state index in [0.717, 1.165) is 0 Å². The van der Waals surface area contributed by atoms with Gasteiger partial charge in [-0.25, -0.2) is 0 Å². The molecular formula is C48B32N2. The van der Waals surface area contributed by atoms with Crippen LogP contribution >= 0.6 is 0 Å². The van der Waals surface area contributed by atoms with E-state index in [4.69, 9.17) is 251 Å². The highest BCUT2D eigenvalue weighted by molar-refractivity contribution is 6.77. The fourth-order valence-corrected chi connectivity index (χ4v) is 11.3. The maximum atomic E-state index is 7.41. The molecule has 64 radical (unpaired) electrons. The molecule has 0 saturated heterocycles. The van der Waals surface area contributed by atoms with Gasteiger partial charge < -0.3 is 9.13 Å². The first kappa shape index (κ1) is 60.6. The Morgan fingerprint density at radius 1 is 0.122 bits per heavy atom. The van der Waals surface area contributed by atoms with Crippen LogP contribution in [0.1, 0.15) is 0 Å². The van der Waals surface area contributed by atoms with Crippen molar-refractivity contribution in [2.45, 2.75) is 0 Å². The number of aromatic nitrogens is 2. The molecule has 0 bridgehead atoms. The van der Waals surface area contributed by atoms with Gasteiger partial charge in [0, 0.05) is 44.2 Å². The van der Waals surface area contributed by atoms with Crippen LogP contribution in [0.2, 0.25) is 0 Å². The molecule has 10 aromatic rings. The third-order valence-electron chi connectivity index (χ3n) is 15.7. The van der Waals surface area contributed by atoms with Gasteiger partial charge in [0.1, 0.15) is 251 Å². The van der Waals surface area contributed by atoms with Crippen molar-refractivity contribution in [1.82, 2.24) is 9.13 Å². The van der Waals surface area contributed by atoms with E-state index in [-0.39, 0.29) is 263 Å². The van der Waals surface area contributed by atoms with Crippen LogP contribution in [0.4, 0.5) is 0 Å². The summed E-state index contributed by atoms with van der Waals surface area (Å²) in [5.41, 5.74) is -7.01. The second-order valence-electron chi connectivity index (χ2n) is 19.8. The molecule has 0 fully saturated rings. The molecule has 34 heteroatoms. The van der Waals surface area contributed by atoms with Crippen molar-refractivity contribution >= 4 is 470 Å². The molecule has 2 nitrogen and oxygen atoms in total. The van der Waals surface area contributed by atoms with Gasteiger partial charge in [-0.3, -0.25) is 0 Å². The predicted molar refractivity (Wildman–Crippen MR) is 384 cm³/mol. The van der Waals surface area contributed by atoms with Crippen LogP contribution < -0.4 is 175 Å². The summed E-state index contributed by atoms with van der Waals surface area (Å²) in [7, 11) is 216. The molecule has 0 spiro atoms. The summed E-state index contributed by atoms with van der Waals surface area (Å²) in [4.78, 5) is 0. The first-order valence-corrected chi connectivity index (χ1v) is 23.8. The quantitative estimate of drug-likeness (QED) is 0.152. The van der Waals surface area contributed by atoms with Gasteiger partial charge in [-0.1, -0.05) is 115 Å². The lowest BCUT2D eigenvalue weighted by Gasteiger charge is -2.30. The van der Waals surface area contributed by atoms with E-state index in [9.17, 15) is 0 Å². The molecule has 0 aliphatic heterocycles. The highest BCUT2D eigenvalue weighted by Gasteiger charge is 2.32. The molecule has 0 amide bonds. The summed E-state index contributed by atoms with van der Waals surface area (Å²) >= 11 is 0. The lowest BCUT2D eigenvalue weighted by molar-refractivity contribution is 1.22. The van der Waals surface area contributed by atoms with Crippen molar-refractivity contribution in [2.75, 3.05) is 0 Å². The van der Waals surface area contributed by atoms with Gasteiger partial charge in [-0.2, -0.15) is 0 Å². The smallest absolute Gasteiger partial charge is 0.117 e. The summed E-state index contributed by atoms with van der Waals surface area (Å²) in [6.07, 6.45) is 0. The number of benzene rings is 8. The largest absolute Gasteiger partial charge is 0.312 e. The predicted octanol–water partition coefficient (Wildman–Crippen LogP) is -25.7. The number of rotatable bonds is 5. The Morgan fingerprint density at radius 2 is 0.268 bits per heavy atom. The van der Waals surface area contributed by atoms with E-state index >= 15 is 0 Å². The molecule has 0 N–H and O–H groups in total. The lowest BCUT2D eigenvalue weighted by Crippen LogP contribution is -2.57. The first-order chi connectivity index (χ1) is 38.1. The molecule has 10 rings (SSSR count). The van der Waals surface area contributed by atoms with Gasteiger partial charge in [0.2, 0.25) is 0 Å². The molecule has 82 heavy (non-hydrogen) atoms. The molecule has 0 saturated carbocycles. The van der Waals surface area contributed by atoms with Crippen molar-refractivity contribution in [2.24, 2.45) is 0 Å². The minimum absolute atomic E-state index is 0.00139. The average Bonchev–Trinajstić information content (AvgIpc) is 1.87. The van der Waals surface area contributed by atoms with Crippen LogP contribution in [0.25, 0.3) is 88.4 Å². The van der Waals surface area contributed by atoms with Gasteiger partial charge in [0.05, 0.1) is 0 Å². The van der Waals surface area contributed by atoms with E-state index in [0.29, 0.717) is 0 Å². The van der Waals surface area contributed by atoms with Crippen molar-refractivity contribution < 1.29 is 0 Å². The zero-order valence-electron chi connectivity index (χ0n) is 43.4. The van der Waals surface area contributed by atoms with Crippen LogP contribution in [-0.4, -0.2) is 260 Å². The molecule has 0 atom stereocenters. The second-order valence-corrected chi connectivity index (χ2v) is 19.8. The normalized spacial score (nSPS) is 11.8. The van der Waals surface area contributed by atoms with Crippen molar-refractivity contribution in [3.05, 3.63) is 0 Å². The van der Waals surface area contributed by atoms with Crippen LogP contribution in [-0.2, 0) is 0 Å². The molecule has 0 unspecified atom stereocenters. The number of nitrogens with zero attached hydrogens (tertiary/aromatic N) is 2. The molecule has 298 valence electrons. The van der Waals surface area contributed by atoms with E-state index in [1.807, 2.05) is 0 Å². The Hall–Kier alpha value is -4.56. The van der Waals surface area contributed by atoms with Gasteiger partial charge >= 0.3 is 0 Å². The van der Waals surface area contributed by atoms with Gasteiger partial charge in [-0.15, -0.1) is 60.1 Å². The second kappa shape index (κ2) is 20.6. The minimum Gasteiger partial charge on any atom is -0.312 e. The summed E-state index contributed by atoms with van der Waals surface area (Å²) in [5.74, 6) is 0. The molecule has 8 aromatic carbocycles. The fraction of sp³-hybridized carbons (Fsp3) is 0. The van der Waals surface area contributed by atoms with Crippen molar-refractivity contribution in [3.8, 4) is 44.8 Å². The standard InChI is InChI=1S/C48B32N2/c49-11-1(18(56)36(74)43-7(11)9-22(60)29(67)34(72)40(78)45(9)81(43)47-24(62)6(17(55)31(69)42(47)80)5-15(53)27(65)33(71)28(66)16(5)54)2-12(50)8-10-23(61)30(68)35(73)41(79)46(10)82(44(8)37(75)19(2)57)48-38(76)20(58)4(21(59)39(48)77)3-13(51)25(63)32(70)26(64)14(3)52. The Bertz CT molecular complexity index is 4620. The number of hydrogen-bond donors (Lipinski definition) is 0. The van der Waals surface area contributed by atoms with Gasteiger partial charge in [0.25, 0.3) is 0 Å². The highest BCUT2D eigenvalue weighted by atomic mass is 15.0. The summed E-state index contributed by atoms with van der Waals surface area (Å²) < 4.78 is 2.73. The van der Waals surface area contributed by atoms with E-state index in [1.54, 1.807) is 0 Å². The summed E-state index contributed by atoms with van der Waals surface area (Å²) in [6, 6.07) is 0. The highest BCUT2D eigenvalue weighted by Crippen LogP contribution is 2.32. The summed E-state index contributed by atoms with van der Waals surface area (Å²) in [6.45, 7) is 0. The zero-order chi connectivity index (χ0) is 60.9. The topological polar surface area (TPSA) is 9.86 Å². The molecule has 0 aliphatic carbocycles. The maximum Gasteiger partial charge on any atom is 0.117 e. The third-order valence-corrected chi connectivity index (χ3v) is 15.7. The summed E-state index contributed by atoms with van der Waals surface area (Å²) in [5, 5.41) is 0.0741.